The Kier molecular flexibility index (Phi) is 4.83. The molecule has 1 aromatic heterocycles. The summed E-state index contributed by atoms with van der Waals surface area (Å²) in [6, 6.07) is 8.04. The second-order valence-electron chi connectivity index (χ2n) is 6.02. The minimum absolute atomic E-state index is 0.00221. The zero-order valence-electron chi connectivity index (χ0n) is 14.2. The van der Waals surface area contributed by atoms with Gasteiger partial charge >= 0.3 is 5.97 Å². The maximum Gasteiger partial charge on any atom is 0.306 e. The lowest BCUT2D eigenvalue weighted by Crippen LogP contribution is -2.32. The summed E-state index contributed by atoms with van der Waals surface area (Å²) in [5.74, 6) is 0.597. The fourth-order valence-electron chi connectivity index (χ4n) is 3.47. The van der Waals surface area contributed by atoms with Gasteiger partial charge in [-0.05, 0) is 31.9 Å². The van der Waals surface area contributed by atoms with Crippen LogP contribution in [0.3, 0.4) is 0 Å². The molecule has 1 amide bonds. The van der Waals surface area contributed by atoms with Crippen LogP contribution >= 0.6 is 0 Å². The fourth-order valence-corrected chi connectivity index (χ4v) is 3.47. The van der Waals surface area contributed by atoms with Crippen molar-refractivity contribution in [3.63, 3.8) is 0 Å². The van der Waals surface area contributed by atoms with E-state index in [0.717, 1.165) is 42.8 Å². The highest BCUT2D eigenvalue weighted by Gasteiger charge is 2.33. The van der Waals surface area contributed by atoms with Gasteiger partial charge in [-0.15, -0.1) is 0 Å². The number of nitrogens with zero attached hydrogens (tertiary/aromatic N) is 3. The number of aryl methyl sites for hydroxylation is 1. The van der Waals surface area contributed by atoms with Crippen LogP contribution in [0.2, 0.25) is 0 Å². The number of methoxy groups -OCH3 is 1. The molecule has 6 nitrogen and oxygen atoms in total. The molecule has 0 spiro atoms. The molecule has 3 rings (SSSR count). The van der Waals surface area contributed by atoms with Gasteiger partial charge in [-0.3, -0.25) is 9.59 Å². The number of carbonyl (C=O) groups excluding carboxylic acids is 2. The van der Waals surface area contributed by atoms with Gasteiger partial charge in [0.2, 0.25) is 5.91 Å². The summed E-state index contributed by atoms with van der Waals surface area (Å²) in [4.78, 5) is 30.5. The average molecular weight is 329 g/mol. The fraction of sp³-hybridized carbons (Fsp3) is 0.500. The van der Waals surface area contributed by atoms with Crippen LogP contribution in [-0.4, -0.2) is 40.0 Å². The number of amides is 1. The molecule has 1 atom stereocenters. The molecule has 0 unspecified atom stereocenters. The van der Waals surface area contributed by atoms with E-state index in [1.165, 1.54) is 7.11 Å². The first-order valence-electron chi connectivity index (χ1n) is 8.47. The maximum atomic E-state index is 12.5. The molecule has 1 aromatic carbocycles. The van der Waals surface area contributed by atoms with Gasteiger partial charge in [0.1, 0.15) is 5.82 Å². The largest absolute Gasteiger partial charge is 0.469 e. The lowest BCUT2D eigenvalue weighted by molar-refractivity contribution is -0.143. The van der Waals surface area contributed by atoms with Crippen molar-refractivity contribution in [1.29, 1.82) is 0 Å². The van der Waals surface area contributed by atoms with Gasteiger partial charge in [0.25, 0.3) is 0 Å². The Morgan fingerprint density at radius 3 is 2.83 bits per heavy atom. The van der Waals surface area contributed by atoms with Crippen LogP contribution in [0.4, 0.5) is 0 Å². The first-order chi connectivity index (χ1) is 11.7. The highest BCUT2D eigenvalue weighted by atomic mass is 16.5. The number of esters is 1. The number of benzene rings is 1. The molecule has 128 valence electrons. The first-order valence-corrected chi connectivity index (χ1v) is 8.47. The number of fused-ring (bicyclic) bond motifs is 1. The molecule has 1 fully saturated rings. The number of hydrogen-bond acceptors (Lipinski definition) is 4. The molecule has 0 saturated carbocycles. The van der Waals surface area contributed by atoms with Crippen LogP contribution in [0.25, 0.3) is 11.0 Å². The molecule has 0 aliphatic carbocycles. The Balaban J connectivity index is 1.85. The van der Waals surface area contributed by atoms with E-state index in [1.54, 1.807) is 0 Å². The Bertz CT molecular complexity index is 753. The van der Waals surface area contributed by atoms with Gasteiger partial charge in [-0.25, -0.2) is 4.98 Å². The Morgan fingerprint density at radius 1 is 1.29 bits per heavy atom. The van der Waals surface area contributed by atoms with Crippen molar-refractivity contribution in [2.45, 2.75) is 45.2 Å². The van der Waals surface area contributed by atoms with Gasteiger partial charge in [0.05, 0.1) is 30.6 Å². The van der Waals surface area contributed by atoms with Gasteiger partial charge in [-0.1, -0.05) is 12.1 Å². The van der Waals surface area contributed by atoms with E-state index in [2.05, 4.69) is 22.3 Å². The molecule has 1 saturated heterocycles. The maximum absolute atomic E-state index is 12.5. The molecule has 0 N–H and O–H groups in total. The number of imidazole rings is 1. The number of aromatic nitrogens is 2. The van der Waals surface area contributed by atoms with Crippen LogP contribution in [0.5, 0.6) is 0 Å². The summed E-state index contributed by atoms with van der Waals surface area (Å²) in [5.41, 5.74) is 2.06. The van der Waals surface area contributed by atoms with Crippen LogP contribution in [0, 0.1) is 0 Å². The van der Waals surface area contributed by atoms with Crippen LogP contribution in [0.15, 0.2) is 24.3 Å². The normalized spacial score (nSPS) is 17.4. The highest BCUT2D eigenvalue weighted by Crippen LogP contribution is 2.34. The van der Waals surface area contributed by atoms with Crippen molar-refractivity contribution in [2.24, 2.45) is 0 Å². The average Bonchev–Trinajstić information content (AvgIpc) is 3.22. The molecule has 1 aliphatic heterocycles. The molecular formula is C18H23N3O3. The number of para-hydroxylation sites is 2. The van der Waals surface area contributed by atoms with Crippen molar-refractivity contribution in [3.05, 3.63) is 30.1 Å². The SMILES string of the molecule is CCn1c([C@H]2CCCN2C(=O)CCC(=O)OC)nc2ccccc21. The molecule has 2 heterocycles. The topological polar surface area (TPSA) is 64.4 Å². The molecule has 1 aliphatic rings. The zero-order valence-corrected chi connectivity index (χ0v) is 14.2. The van der Waals surface area contributed by atoms with E-state index in [1.807, 2.05) is 23.1 Å². The third-order valence-electron chi connectivity index (χ3n) is 4.64. The van der Waals surface area contributed by atoms with Gasteiger partial charge in [-0.2, -0.15) is 0 Å². The Morgan fingerprint density at radius 2 is 2.08 bits per heavy atom. The summed E-state index contributed by atoms with van der Waals surface area (Å²) in [7, 11) is 1.34. The van der Waals surface area contributed by atoms with Crippen LogP contribution in [-0.2, 0) is 20.9 Å². The van der Waals surface area contributed by atoms with Crippen molar-refractivity contribution in [2.75, 3.05) is 13.7 Å². The first kappa shape index (κ1) is 16.5. The summed E-state index contributed by atoms with van der Waals surface area (Å²) in [5, 5.41) is 0. The van der Waals surface area contributed by atoms with Crippen molar-refractivity contribution in [3.8, 4) is 0 Å². The Hall–Kier alpha value is -2.37. The predicted octanol–water partition coefficient (Wildman–Crippen LogP) is 2.67. The second-order valence-corrected chi connectivity index (χ2v) is 6.02. The van der Waals surface area contributed by atoms with E-state index < -0.39 is 0 Å². The lowest BCUT2D eigenvalue weighted by atomic mass is 10.2. The third kappa shape index (κ3) is 3.00. The van der Waals surface area contributed by atoms with Crippen molar-refractivity contribution in [1.82, 2.24) is 14.5 Å². The third-order valence-corrected chi connectivity index (χ3v) is 4.64. The van der Waals surface area contributed by atoms with Gasteiger partial charge < -0.3 is 14.2 Å². The highest BCUT2D eigenvalue weighted by molar-refractivity contribution is 5.82. The number of carbonyl (C=O) groups is 2. The Labute approximate surface area is 141 Å². The summed E-state index contributed by atoms with van der Waals surface area (Å²) >= 11 is 0. The number of ether oxygens (including phenoxy) is 1. The lowest BCUT2D eigenvalue weighted by Gasteiger charge is -2.25. The quantitative estimate of drug-likeness (QED) is 0.791. The molecular weight excluding hydrogens is 306 g/mol. The van der Waals surface area contributed by atoms with E-state index in [4.69, 9.17) is 4.98 Å². The standard InChI is InChI=1S/C18H23N3O3/c1-3-20-14-8-5-4-7-13(14)19-18(20)15-9-6-12-21(15)16(22)10-11-17(23)24-2/h4-5,7-8,15H,3,6,9-12H2,1-2H3/t15-/m1/s1. The van der Waals surface area contributed by atoms with E-state index >= 15 is 0 Å². The minimum atomic E-state index is -0.347. The van der Waals surface area contributed by atoms with E-state index in [-0.39, 0.29) is 30.8 Å². The monoisotopic (exact) mass is 329 g/mol. The summed E-state index contributed by atoms with van der Waals surface area (Å²) < 4.78 is 6.81. The zero-order chi connectivity index (χ0) is 17.1. The van der Waals surface area contributed by atoms with Crippen LogP contribution < -0.4 is 0 Å². The second kappa shape index (κ2) is 7.03. The number of rotatable bonds is 5. The number of hydrogen-bond donors (Lipinski definition) is 0. The van der Waals surface area contributed by atoms with E-state index in [0.29, 0.717) is 0 Å². The van der Waals surface area contributed by atoms with Crippen molar-refractivity contribution < 1.29 is 14.3 Å². The smallest absolute Gasteiger partial charge is 0.306 e. The van der Waals surface area contributed by atoms with Gasteiger partial charge in [0.15, 0.2) is 0 Å². The van der Waals surface area contributed by atoms with E-state index in [9.17, 15) is 9.59 Å². The molecule has 2 aromatic rings. The molecule has 0 radical (unpaired) electrons. The molecule has 0 bridgehead atoms. The molecule has 6 heteroatoms. The minimum Gasteiger partial charge on any atom is -0.469 e. The number of likely N-dealkylation sites (tertiary alicyclic amines) is 1. The van der Waals surface area contributed by atoms with Gasteiger partial charge in [0, 0.05) is 19.5 Å². The summed E-state index contributed by atoms with van der Waals surface area (Å²) in [6.07, 6.45) is 2.19. The molecule has 24 heavy (non-hydrogen) atoms. The predicted molar refractivity (Wildman–Crippen MR) is 90.3 cm³/mol. The van der Waals surface area contributed by atoms with Crippen LogP contribution in [0.1, 0.15) is 44.5 Å². The van der Waals surface area contributed by atoms with Crippen molar-refractivity contribution >= 4 is 22.9 Å². The summed E-state index contributed by atoms with van der Waals surface area (Å²) in [6.45, 7) is 3.63.